The largest absolute Gasteiger partial charge is 0.394 e. The number of hydrogen-bond donors (Lipinski definition) is 2. The van der Waals surface area contributed by atoms with Crippen molar-refractivity contribution in [3.8, 4) is 0 Å². The molecule has 0 aliphatic heterocycles. The van der Waals surface area contributed by atoms with E-state index in [1.807, 2.05) is 6.92 Å². The van der Waals surface area contributed by atoms with E-state index in [0.717, 1.165) is 11.3 Å². The van der Waals surface area contributed by atoms with Crippen molar-refractivity contribution in [1.29, 1.82) is 0 Å². The van der Waals surface area contributed by atoms with Crippen molar-refractivity contribution in [3.05, 3.63) is 35.8 Å². The highest BCUT2D eigenvalue weighted by Gasteiger charge is 2.06. The number of nitrogens with one attached hydrogen (secondary N) is 1. The van der Waals surface area contributed by atoms with E-state index in [2.05, 4.69) is 10.4 Å². The van der Waals surface area contributed by atoms with Crippen molar-refractivity contribution in [1.82, 2.24) is 9.78 Å². The molecule has 16 heavy (non-hydrogen) atoms. The third-order valence-electron chi connectivity index (χ3n) is 2.30. The second-order valence-electron chi connectivity index (χ2n) is 3.69. The predicted molar refractivity (Wildman–Crippen MR) is 62.0 cm³/mol. The van der Waals surface area contributed by atoms with E-state index < -0.39 is 0 Å². The van der Waals surface area contributed by atoms with Gasteiger partial charge in [-0.3, -0.25) is 4.68 Å². The van der Waals surface area contributed by atoms with Gasteiger partial charge in [0.2, 0.25) is 0 Å². The average molecular weight is 220 g/mol. The van der Waals surface area contributed by atoms with Crippen LogP contribution in [-0.2, 0) is 7.05 Å². The van der Waals surface area contributed by atoms with Gasteiger partial charge < -0.3 is 11.1 Å². The number of anilines is 3. The molecule has 0 atom stereocenters. The van der Waals surface area contributed by atoms with E-state index in [9.17, 15) is 4.39 Å². The van der Waals surface area contributed by atoms with Gasteiger partial charge in [-0.2, -0.15) is 5.10 Å². The number of halogens is 1. The molecule has 3 N–H and O–H groups in total. The first-order chi connectivity index (χ1) is 7.56. The molecule has 1 aromatic heterocycles. The van der Waals surface area contributed by atoms with Crippen LogP contribution in [-0.4, -0.2) is 9.78 Å². The first-order valence-electron chi connectivity index (χ1n) is 4.88. The lowest BCUT2D eigenvalue weighted by Crippen LogP contribution is -1.98. The summed E-state index contributed by atoms with van der Waals surface area (Å²) in [5.41, 5.74) is 7.92. The maximum Gasteiger partial charge on any atom is 0.175 e. The molecule has 0 spiro atoms. The Labute approximate surface area is 92.9 Å². The van der Waals surface area contributed by atoms with Gasteiger partial charge in [-0.25, -0.2) is 4.39 Å². The molecule has 0 saturated heterocycles. The van der Waals surface area contributed by atoms with Crippen molar-refractivity contribution >= 4 is 17.2 Å². The second kappa shape index (κ2) is 3.84. The summed E-state index contributed by atoms with van der Waals surface area (Å²) in [6, 6.07) is 4.52. The third-order valence-corrected chi connectivity index (χ3v) is 2.30. The Balaban J connectivity index is 2.30. The molecular weight excluding hydrogens is 207 g/mol. The summed E-state index contributed by atoms with van der Waals surface area (Å²) >= 11 is 0. The van der Waals surface area contributed by atoms with Gasteiger partial charge >= 0.3 is 0 Å². The number of rotatable bonds is 2. The fraction of sp³-hybridized carbons (Fsp3) is 0.182. The minimum absolute atomic E-state index is 0.253. The molecule has 2 rings (SSSR count). The number of nitrogens with zero attached hydrogens (tertiary/aromatic N) is 2. The SMILES string of the molecule is Cc1cc(F)ccc1Nc1nn(C)cc1N. The minimum Gasteiger partial charge on any atom is -0.394 e. The van der Waals surface area contributed by atoms with Gasteiger partial charge in [-0.05, 0) is 30.7 Å². The monoisotopic (exact) mass is 220 g/mol. The molecule has 0 amide bonds. The number of nitrogens with two attached hydrogens (primary N) is 1. The van der Waals surface area contributed by atoms with Gasteiger partial charge in [0.05, 0.1) is 5.69 Å². The summed E-state index contributed by atoms with van der Waals surface area (Å²) < 4.78 is 14.5. The van der Waals surface area contributed by atoms with Gasteiger partial charge in [0, 0.05) is 18.9 Å². The average Bonchev–Trinajstić information content (AvgIpc) is 2.50. The summed E-state index contributed by atoms with van der Waals surface area (Å²) in [5, 5.41) is 7.22. The Bertz CT molecular complexity index is 519. The fourth-order valence-corrected chi connectivity index (χ4v) is 1.50. The molecule has 0 aliphatic carbocycles. The number of nitrogen functional groups attached to an aromatic ring is 1. The van der Waals surface area contributed by atoms with Gasteiger partial charge in [0.25, 0.3) is 0 Å². The highest BCUT2D eigenvalue weighted by molar-refractivity contribution is 5.69. The molecule has 0 saturated carbocycles. The molecule has 1 heterocycles. The van der Waals surface area contributed by atoms with Crippen LogP contribution in [0.5, 0.6) is 0 Å². The van der Waals surface area contributed by atoms with Crippen LogP contribution >= 0.6 is 0 Å². The normalized spacial score (nSPS) is 10.4. The van der Waals surface area contributed by atoms with Gasteiger partial charge in [0.1, 0.15) is 5.82 Å². The Kier molecular flexibility index (Phi) is 2.52. The Morgan fingerprint density at radius 3 is 2.75 bits per heavy atom. The maximum absolute atomic E-state index is 12.9. The molecule has 4 nitrogen and oxygen atoms in total. The molecule has 0 fully saturated rings. The number of hydrogen-bond acceptors (Lipinski definition) is 3. The molecule has 5 heteroatoms. The standard InChI is InChI=1S/C11H13FN4/c1-7-5-8(12)3-4-10(7)14-11-9(13)6-16(2)15-11/h3-6H,13H2,1-2H3,(H,14,15). The highest BCUT2D eigenvalue weighted by atomic mass is 19.1. The molecule has 1 aromatic carbocycles. The Hall–Kier alpha value is -2.04. The summed E-state index contributed by atoms with van der Waals surface area (Å²) in [6.45, 7) is 1.82. The number of benzene rings is 1. The first kappa shape index (κ1) is 10.5. The summed E-state index contributed by atoms with van der Waals surface area (Å²) in [4.78, 5) is 0. The van der Waals surface area contributed by atoms with Crippen molar-refractivity contribution in [2.24, 2.45) is 7.05 Å². The van der Waals surface area contributed by atoms with E-state index in [-0.39, 0.29) is 5.82 Å². The second-order valence-corrected chi connectivity index (χ2v) is 3.69. The molecule has 84 valence electrons. The molecule has 0 unspecified atom stereocenters. The van der Waals surface area contributed by atoms with Crippen LogP contribution in [0.2, 0.25) is 0 Å². The smallest absolute Gasteiger partial charge is 0.175 e. The van der Waals surface area contributed by atoms with Crippen molar-refractivity contribution in [3.63, 3.8) is 0 Å². The third kappa shape index (κ3) is 1.98. The summed E-state index contributed by atoms with van der Waals surface area (Å²) in [5.74, 6) is 0.328. The number of aromatic nitrogens is 2. The van der Waals surface area contributed by atoms with Crippen molar-refractivity contribution in [2.75, 3.05) is 11.1 Å². The van der Waals surface area contributed by atoms with E-state index in [1.165, 1.54) is 12.1 Å². The van der Waals surface area contributed by atoms with Crippen LogP contribution in [0.25, 0.3) is 0 Å². The topological polar surface area (TPSA) is 55.9 Å². The van der Waals surface area contributed by atoms with Gasteiger partial charge in [-0.15, -0.1) is 0 Å². The van der Waals surface area contributed by atoms with Gasteiger partial charge in [0.15, 0.2) is 5.82 Å². The molecule has 0 bridgehead atoms. The molecular formula is C11H13FN4. The zero-order chi connectivity index (χ0) is 11.7. The Morgan fingerprint density at radius 1 is 1.44 bits per heavy atom. The molecule has 2 aromatic rings. The van der Waals surface area contributed by atoms with Crippen LogP contribution in [0.4, 0.5) is 21.6 Å². The summed E-state index contributed by atoms with van der Waals surface area (Å²) in [6.07, 6.45) is 1.71. The van der Waals surface area contributed by atoms with Gasteiger partial charge in [-0.1, -0.05) is 0 Å². The zero-order valence-electron chi connectivity index (χ0n) is 9.16. The zero-order valence-corrected chi connectivity index (χ0v) is 9.16. The van der Waals surface area contributed by atoms with Crippen LogP contribution in [0.15, 0.2) is 24.4 Å². The Morgan fingerprint density at radius 2 is 2.19 bits per heavy atom. The molecule has 0 aliphatic rings. The van der Waals surface area contributed by atoms with E-state index in [0.29, 0.717) is 11.5 Å². The molecule has 0 radical (unpaired) electrons. The summed E-state index contributed by atoms with van der Waals surface area (Å²) in [7, 11) is 1.79. The van der Waals surface area contributed by atoms with Crippen LogP contribution in [0.1, 0.15) is 5.56 Å². The van der Waals surface area contributed by atoms with Crippen LogP contribution in [0.3, 0.4) is 0 Å². The van der Waals surface area contributed by atoms with Crippen LogP contribution in [0, 0.1) is 12.7 Å². The fourth-order valence-electron chi connectivity index (χ4n) is 1.50. The number of aryl methyl sites for hydroxylation is 2. The van der Waals surface area contributed by atoms with E-state index in [1.54, 1.807) is 24.0 Å². The predicted octanol–water partition coefficient (Wildman–Crippen LogP) is 2.19. The van der Waals surface area contributed by atoms with Crippen molar-refractivity contribution < 1.29 is 4.39 Å². The maximum atomic E-state index is 12.9. The van der Waals surface area contributed by atoms with E-state index >= 15 is 0 Å². The first-order valence-corrected chi connectivity index (χ1v) is 4.88. The lowest BCUT2D eigenvalue weighted by Gasteiger charge is -2.07. The highest BCUT2D eigenvalue weighted by Crippen LogP contribution is 2.23. The minimum atomic E-state index is -0.253. The van der Waals surface area contributed by atoms with E-state index in [4.69, 9.17) is 5.73 Å². The van der Waals surface area contributed by atoms with Crippen molar-refractivity contribution in [2.45, 2.75) is 6.92 Å². The lowest BCUT2D eigenvalue weighted by atomic mass is 10.2. The quantitative estimate of drug-likeness (QED) is 0.815. The van der Waals surface area contributed by atoms with Crippen LogP contribution < -0.4 is 11.1 Å². The lowest BCUT2D eigenvalue weighted by molar-refractivity contribution is 0.627.